The van der Waals surface area contributed by atoms with Gasteiger partial charge in [-0.2, -0.15) is 0 Å². The lowest BCUT2D eigenvalue weighted by molar-refractivity contribution is -0.121. The van der Waals surface area contributed by atoms with Crippen molar-refractivity contribution in [3.05, 3.63) is 54.2 Å². The Bertz CT molecular complexity index is 660. The molecule has 1 saturated heterocycles. The lowest BCUT2D eigenvalue weighted by Gasteiger charge is -2.17. The molecule has 0 bridgehead atoms. The van der Waals surface area contributed by atoms with E-state index in [0.717, 1.165) is 31.7 Å². The van der Waals surface area contributed by atoms with E-state index in [1.807, 2.05) is 24.4 Å². The Labute approximate surface area is 147 Å². The molecule has 1 aliphatic heterocycles. The summed E-state index contributed by atoms with van der Waals surface area (Å²) in [5.74, 6) is 1.12. The Balaban J connectivity index is 1.44. The van der Waals surface area contributed by atoms with Crippen molar-refractivity contribution < 1.29 is 4.79 Å². The van der Waals surface area contributed by atoms with Crippen LogP contribution in [0.2, 0.25) is 0 Å². The van der Waals surface area contributed by atoms with Gasteiger partial charge in [0.2, 0.25) is 5.91 Å². The van der Waals surface area contributed by atoms with Gasteiger partial charge in [-0.1, -0.05) is 18.2 Å². The van der Waals surface area contributed by atoms with Crippen LogP contribution in [0.1, 0.15) is 18.4 Å². The van der Waals surface area contributed by atoms with Crippen molar-refractivity contribution in [2.75, 3.05) is 24.2 Å². The van der Waals surface area contributed by atoms with Crippen molar-refractivity contribution in [2.45, 2.75) is 30.2 Å². The topological polar surface area (TPSA) is 45.2 Å². The second-order valence-corrected chi connectivity index (χ2v) is 6.91. The molecule has 0 unspecified atom stereocenters. The fourth-order valence-corrected chi connectivity index (χ4v) is 3.39. The van der Waals surface area contributed by atoms with Crippen LogP contribution in [0.3, 0.4) is 0 Å². The zero-order chi connectivity index (χ0) is 16.8. The number of anilines is 1. The molecule has 5 heteroatoms. The summed E-state index contributed by atoms with van der Waals surface area (Å²) in [5, 5.41) is 3.16. The number of aromatic nitrogens is 1. The van der Waals surface area contributed by atoms with Crippen LogP contribution in [0.5, 0.6) is 0 Å². The molecule has 0 spiro atoms. The fraction of sp³-hybridized carbons (Fsp3) is 0.368. The molecule has 0 aliphatic carbocycles. The number of hydrogen-bond acceptors (Lipinski definition) is 4. The number of carbonyl (C=O) groups is 1. The highest BCUT2D eigenvalue weighted by Gasteiger charge is 2.24. The van der Waals surface area contributed by atoms with Gasteiger partial charge in [-0.25, -0.2) is 4.98 Å². The molecule has 2 heterocycles. The molecule has 2 aromatic rings. The minimum Gasteiger partial charge on any atom is -0.354 e. The monoisotopic (exact) mass is 341 g/mol. The lowest BCUT2D eigenvalue weighted by atomic mass is 10.1. The Hall–Kier alpha value is -2.01. The standard InChI is InChI=1S/C19H23N3OS/c1-24-17-8-5-15(6-9-17)7-10-19(23)21-16-11-13-22(14-16)18-4-2-3-12-20-18/h2-6,8-9,12,16H,7,10-11,13-14H2,1H3,(H,21,23)/t16-/m1/s1. The maximum absolute atomic E-state index is 12.2. The molecule has 1 aromatic heterocycles. The van der Waals surface area contributed by atoms with Crippen LogP contribution >= 0.6 is 11.8 Å². The van der Waals surface area contributed by atoms with Gasteiger partial charge in [0.25, 0.3) is 0 Å². The van der Waals surface area contributed by atoms with Crippen LogP contribution in [-0.2, 0) is 11.2 Å². The lowest BCUT2D eigenvalue weighted by Crippen LogP contribution is -2.37. The molecule has 1 atom stereocenters. The number of nitrogens with one attached hydrogen (secondary N) is 1. The maximum Gasteiger partial charge on any atom is 0.220 e. The highest BCUT2D eigenvalue weighted by molar-refractivity contribution is 7.98. The molecule has 0 saturated carbocycles. The number of aryl methyl sites for hydroxylation is 1. The third-order valence-electron chi connectivity index (χ3n) is 4.33. The highest BCUT2D eigenvalue weighted by Crippen LogP contribution is 2.18. The van der Waals surface area contributed by atoms with E-state index >= 15 is 0 Å². The largest absolute Gasteiger partial charge is 0.354 e. The second-order valence-electron chi connectivity index (χ2n) is 6.04. The molecule has 1 N–H and O–H groups in total. The predicted octanol–water partition coefficient (Wildman–Crippen LogP) is 3.13. The van der Waals surface area contributed by atoms with E-state index in [0.29, 0.717) is 6.42 Å². The van der Waals surface area contributed by atoms with Crippen LogP contribution in [-0.4, -0.2) is 36.3 Å². The van der Waals surface area contributed by atoms with Gasteiger partial charge in [-0.3, -0.25) is 4.79 Å². The molecule has 1 fully saturated rings. The summed E-state index contributed by atoms with van der Waals surface area (Å²) in [6, 6.07) is 14.6. The van der Waals surface area contributed by atoms with Crippen molar-refractivity contribution >= 4 is 23.5 Å². The van der Waals surface area contributed by atoms with Crippen LogP contribution in [0.25, 0.3) is 0 Å². The van der Waals surface area contributed by atoms with Crippen molar-refractivity contribution in [3.8, 4) is 0 Å². The van der Waals surface area contributed by atoms with Gasteiger partial charge in [0.1, 0.15) is 5.82 Å². The average molecular weight is 341 g/mol. The van der Waals surface area contributed by atoms with E-state index in [-0.39, 0.29) is 11.9 Å². The summed E-state index contributed by atoms with van der Waals surface area (Å²) in [4.78, 5) is 20.0. The summed E-state index contributed by atoms with van der Waals surface area (Å²) in [6.45, 7) is 1.78. The van der Waals surface area contributed by atoms with E-state index < -0.39 is 0 Å². The molecule has 3 rings (SSSR count). The number of benzene rings is 1. The first-order valence-corrected chi connectivity index (χ1v) is 9.55. The number of nitrogens with zero attached hydrogens (tertiary/aromatic N) is 2. The highest BCUT2D eigenvalue weighted by atomic mass is 32.2. The Morgan fingerprint density at radius 3 is 2.83 bits per heavy atom. The summed E-state index contributed by atoms with van der Waals surface area (Å²) in [6.07, 6.45) is 6.18. The number of rotatable bonds is 6. The van der Waals surface area contributed by atoms with E-state index in [1.54, 1.807) is 11.8 Å². The Morgan fingerprint density at radius 2 is 2.12 bits per heavy atom. The van der Waals surface area contributed by atoms with Gasteiger partial charge in [0.05, 0.1) is 0 Å². The first kappa shape index (κ1) is 16.8. The van der Waals surface area contributed by atoms with Crippen LogP contribution in [0, 0.1) is 0 Å². The van der Waals surface area contributed by atoms with Crippen molar-refractivity contribution in [1.82, 2.24) is 10.3 Å². The zero-order valence-electron chi connectivity index (χ0n) is 13.9. The number of hydrogen-bond donors (Lipinski definition) is 1. The maximum atomic E-state index is 12.2. The Kier molecular flexibility index (Phi) is 5.75. The summed E-state index contributed by atoms with van der Waals surface area (Å²) < 4.78 is 0. The second kappa shape index (κ2) is 8.20. The van der Waals surface area contributed by atoms with Crippen molar-refractivity contribution in [1.29, 1.82) is 0 Å². The summed E-state index contributed by atoms with van der Waals surface area (Å²) >= 11 is 1.73. The summed E-state index contributed by atoms with van der Waals surface area (Å²) in [7, 11) is 0. The molecule has 126 valence electrons. The quantitative estimate of drug-likeness (QED) is 0.820. The third kappa shape index (κ3) is 4.51. The van der Waals surface area contributed by atoms with Gasteiger partial charge in [-0.05, 0) is 48.9 Å². The van der Waals surface area contributed by atoms with E-state index in [9.17, 15) is 4.79 Å². The van der Waals surface area contributed by atoms with Gasteiger partial charge < -0.3 is 10.2 Å². The fourth-order valence-electron chi connectivity index (χ4n) is 2.98. The van der Waals surface area contributed by atoms with E-state index in [1.165, 1.54) is 10.5 Å². The van der Waals surface area contributed by atoms with Crippen molar-refractivity contribution in [3.63, 3.8) is 0 Å². The third-order valence-corrected chi connectivity index (χ3v) is 5.07. The van der Waals surface area contributed by atoms with Gasteiger partial charge in [-0.15, -0.1) is 11.8 Å². The normalized spacial score (nSPS) is 17.0. The van der Waals surface area contributed by atoms with Gasteiger partial charge in [0, 0.05) is 36.6 Å². The SMILES string of the molecule is CSc1ccc(CCC(=O)N[C@@H]2CCN(c3ccccn3)C2)cc1. The first-order chi connectivity index (χ1) is 11.7. The molecular weight excluding hydrogens is 318 g/mol. The molecule has 1 aromatic carbocycles. The smallest absolute Gasteiger partial charge is 0.220 e. The van der Waals surface area contributed by atoms with Crippen molar-refractivity contribution in [2.24, 2.45) is 0 Å². The van der Waals surface area contributed by atoms with Gasteiger partial charge >= 0.3 is 0 Å². The number of thioether (sulfide) groups is 1. The first-order valence-electron chi connectivity index (χ1n) is 8.33. The van der Waals surface area contributed by atoms with Gasteiger partial charge in [0.15, 0.2) is 0 Å². The predicted molar refractivity (Wildman–Crippen MR) is 99.5 cm³/mol. The van der Waals surface area contributed by atoms with Crippen LogP contribution < -0.4 is 10.2 Å². The molecule has 24 heavy (non-hydrogen) atoms. The minimum atomic E-state index is 0.136. The minimum absolute atomic E-state index is 0.136. The van der Waals surface area contributed by atoms with E-state index in [4.69, 9.17) is 0 Å². The molecular formula is C19H23N3OS. The molecule has 1 amide bonds. The zero-order valence-corrected chi connectivity index (χ0v) is 14.8. The molecule has 1 aliphatic rings. The number of carbonyl (C=O) groups excluding carboxylic acids is 1. The summed E-state index contributed by atoms with van der Waals surface area (Å²) in [5.41, 5.74) is 1.21. The van der Waals surface area contributed by atoms with Crippen LogP contribution in [0.4, 0.5) is 5.82 Å². The number of pyridine rings is 1. The number of amides is 1. The van der Waals surface area contributed by atoms with E-state index in [2.05, 4.69) is 45.7 Å². The van der Waals surface area contributed by atoms with Crippen LogP contribution in [0.15, 0.2) is 53.6 Å². The Morgan fingerprint density at radius 1 is 1.29 bits per heavy atom. The average Bonchev–Trinajstić information content (AvgIpc) is 3.09. The molecule has 4 nitrogen and oxygen atoms in total. The molecule has 0 radical (unpaired) electrons.